The summed E-state index contributed by atoms with van der Waals surface area (Å²) >= 11 is 0. The van der Waals surface area contributed by atoms with Gasteiger partial charge in [-0.1, -0.05) is 12.7 Å². The Bertz CT molecular complexity index is 361. The number of carbonyl (C=O) groups is 2. The highest BCUT2D eigenvalue weighted by Crippen LogP contribution is 2.08. The summed E-state index contributed by atoms with van der Waals surface area (Å²) in [7, 11) is 0. The standard InChI is InChI=1S/C12H17NO4/c1-5-9(8-10(14)15)6-7-13-11(16)17-12(2,3)4/h5,7-8H,1,6H2,2-4H3,(H,14,15)/b9-8-,13-7-. The fraction of sp³-hybridized carbons (Fsp3) is 0.417. The van der Waals surface area contributed by atoms with Crippen molar-refractivity contribution in [1.29, 1.82) is 0 Å². The summed E-state index contributed by atoms with van der Waals surface area (Å²) in [4.78, 5) is 25.1. The van der Waals surface area contributed by atoms with Crippen molar-refractivity contribution in [2.75, 3.05) is 0 Å². The van der Waals surface area contributed by atoms with Gasteiger partial charge in [0.25, 0.3) is 0 Å². The number of ether oxygens (including phenoxy) is 1. The third kappa shape index (κ3) is 9.04. The molecule has 0 heterocycles. The first-order valence-corrected chi connectivity index (χ1v) is 5.06. The van der Waals surface area contributed by atoms with E-state index in [0.717, 1.165) is 6.08 Å². The molecule has 5 nitrogen and oxygen atoms in total. The first-order valence-electron chi connectivity index (χ1n) is 5.06. The van der Waals surface area contributed by atoms with Crippen molar-refractivity contribution in [2.24, 2.45) is 4.99 Å². The van der Waals surface area contributed by atoms with Crippen molar-refractivity contribution in [1.82, 2.24) is 0 Å². The van der Waals surface area contributed by atoms with E-state index in [0.29, 0.717) is 5.57 Å². The van der Waals surface area contributed by atoms with Crippen LogP contribution in [-0.2, 0) is 9.53 Å². The third-order valence-electron chi connectivity index (χ3n) is 1.49. The Hall–Kier alpha value is -1.91. The molecular formula is C12H17NO4. The highest BCUT2D eigenvalue weighted by atomic mass is 16.6. The van der Waals surface area contributed by atoms with Crippen LogP contribution in [0.1, 0.15) is 27.2 Å². The largest absolute Gasteiger partial charge is 0.478 e. The molecule has 0 unspecified atom stereocenters. The van der Waals surface area contributed by atoms with Crippen LogP contribution in [0.3, 0.4) is 0 Å². The van der Waals surface area contributed by atoms with Crippen molar-refractivity contribution in [3.8, 4) is 0 Å². The number of aliphatic imine (C=N–C) groups is 1. The van der Waals surface area contributed by atoms with Gasteiger partial charge >= 0.3 is 12.1 Å². The zero-order chi connectivity index (χ0) is 13.5. The van der Waals surface area contributed by atoms with Gasteiger partial charge < -0.3 is 9.84 Å². The van der Waals surface area contributed by atoms with Crippen LogP contribution in [0.4, 0.5) is 4.79 Å². The van der Waals surface area contributed by atoms with Gasteiger partial charge in [-0.25, -0.2) is 9.59 Å². The Morgan fingerprint density at radius 1 is 1.41 bits per heavy atom. The monoisotopic (exact) mass is 239 g/mol. The van der Waals surface area contributed by atoms with E-state index < -0.39 is 17.7 Å². The normalized spacial score (nSPS) is 12.5. The number of hydrogen-bond donors (Lipinski definition) is 1. The number of rotatable bonds is 4. The van der Waals surface area contributed by atoms with Crippen LogP contribution in [0.25, 0.3) is 0 Å². The van der Waals surface area contributed by atoms with E-state index in [1.54, 1.807) is 20.8 Å². The second-order valence-electron chi connectivity index (χ2n) is 4.26. The lowest BCUT2D eigenvalue weighted by molar-refractivity contribution is -0.131. The number of carboxylic acid groups (broad SMARTS) is 1. The van der Waals surface area contributed by atoms with E-state index in [1.807, 2.05) is 0 Å². The SMILES string of the molecule is C=C/C(=C/C(=O)O)C/C=N\C(=O)OC(C)(C)C. The number of carbonyl (C=O) groups excluding carboxylic acids is 1. The van der Waals surface area contributed by atoms with E-state index in [-0.39, 0.29) is 6.42 Å². The van der Waals surface area contributed by atoms with Crippen LogP contribution < -0.4 is 0 Å². The number of amides is 1. The zero-order valence-corrected chi connectivity index (χ0v) is 10.3. The lowest BCUT2D eigenvalue weighted by Crippen LogP contribution is -2.21. The molecule has 1 amide bonds. The second-order valence-corrected chi connectivity index (χ2v) is 4.26. The van der Waals surface area contributed by atoms with Gasteiger partial charge in [0.15, 0.2) is 0 Å². The fourth-order valence-corrected chi connectivity index (χ4v) is 0.874. The van der Waals surface area contributed by atoms with Gasteiger partial charge in [0.1, 0.15) is 5.60 Å². The molecule has 0 aromatic rings. The van der Waals surface area contributed by atoms with Crippen molar-refractivity contribution < 1.29 is 19.4 Å². The summed E-state index contributed by atoms with van der Waals surface area (Å²) in [5, 5.41) is 8.52. The fourth-order valence-electron chi connectivity index (χ4n) is 0.874. The summed E-state index contributed by atoms with van der Waals surface area (Å²) in [6, 6.07) is 0. The van der Waals surface area contributed by atoms with Crippen molar-refractivity contribution in [3.05, 3.63) is 24.3 Å². The molecule has 94 valence electrons. The topological polar surface area (TPSA) is 76.0 Å². The summed E-state index contributed by atoms with van der Waals surface area (Å²) in [6.45, 7) is 8.67. The van der Waals surface area contributed by atoms with Crippen LogP contribution in [0.5, 0.6) is 0 Å². The van der Waals surface area contributed by atoms with Crippen LogP contribution in [0, 0.1) is 0 Å². The van der Waals surface area contributed by atoms with Gasteiger partial charge in [0.05, 0.1) is 0 Å². The molecule has 0 spiro atoms. The lowest BCUT2D eigenvalue weighted by Gasteiger charge is -2.17. The molecule has 0 saturated carbocycles. The molecule has 0 aromatic heterocycles. The minimum absolute atomic E-state index is 0.217. The average molecular weight is 239 g/mol. The van der Waals surface area contributed by atoms with E-state index in [4.69, 9.17) is 9.84 Å². The summed E-state index contributed by atoms with van der Waals surface area (Å²) < 4.78 is 4.94. The first-order chi connectivity index (χ1) is 7.74. The number of allylic oxidation sites excluding steroid dienone is 2. The van der Waals surface area contributed by atoms with Crippen LogP contribution in [-0.4, -0.2) is 29.0 Å². The van der Waals surface area contributed by atoms with Gasteiger partial charge in [-0.2, -0.15) is 4.99 Å². The third-order valence-corrected chi connectivity index (χ3v) is 1.49. The van der Waals surface area contributed by atoms with Gasteiger partial charge in [-0.05, 0) is 26.3 Å². The van der Waals surface area contributed by atoms with Crippen molar-refractivity contribution in [3.63, 3.8) is 0 Å². The molecule has 0 atom stereocenters. The van der Waals surface area contributed by atoms with Gasteiger partial charge in [-0.15, -0.1) is 0 Å². The molecule has 5 heteroatoms. The molecule has 17 heavy (non-hydrogen) atoms. The molecule has 0 aromatic carbocycles. The van der Waals surface area contributed by atoms with E-state index in [1.165, 1.54) is 12.3 Å². The molecular weight excluding hydrogens is 222 g/mol. The van der Waals surface area contributed by atoms with E-state index >= 15 is 0 Å². The minimum Gasteiger partial charge on any atom is -0.478 e. The summed E-state index contributed by atoms with van der Waals surface area (Å²) in [6.07, 6.45) is 3.22. The Kier molecular flexibility index (Phi) is 5.88. The van der Waals surface area contributed by atoms with Gasteiger partial charge in [-0.3, -0.25) is 0 Å². The quantitative estimate of drug-likeness (QED) is 0.464. The van der Waals surface area contributed by atoms with Gasteiger partial charge in [0, 0.05) is 18.7 Å². The Morgan fingerprint density at radius 2 is 2.00 bits per heavy atom. The highest BCUT2D eigenvalue weighted by molar-refractivity contribution is 5.84. The Morgan fingerprint density at radius 3 is 2.41 bits per heavy atom. The Balaban J connectivity index is 4.32. The first kappa shape index (κ1) is 15.1. The smallest absolute Gasteiger partial charge is 0.433 e. The maximum atomic E-state index is 11.2. The van der Waals surface area contributed by atoms with E-state index in [9.17, 15) is 9.59 Å². The molecule has 0 saturated heterocycles. The Labute approximate surface area is 101 Å². The maximum absolute atomic E-state index is 11.2. The molecule has 0 fully saturated rings. The molecule has 0 aliphatic carbocycles. The lowest BCUT2D eigenvalue weighted by atomic mass is 10.2. The molecule has 0 rings (SSSR count). The van der Waals surface area contributed by atoms with Crippen molar-refractivity contribution in [2.45, 2.75) is 32.8 Å². The zero-order valence-electron chi connectivity index (χ0n) is 10.3. The molecule has 0 bridgehead atoms. The molecule has 0 aliphatic rings. The highest BCUT2D eigenvalue weighted by Gasteiger charge is 2.14. The number of hydrogen-bond acceptors (Lipinski definition) is 3. The second kappa shape index (κ2) is 6.62. The molecule has 0 aliphatic heterocycles. The summed E-state index contributed by atoms with van der Waals surface area (Å²) in [5.74, 6) is -1.06. The van der Waals surface area contributed by atoms with Gasteiger partial charge in [0.2, 0.25) is 0 Å². The predicted molar refractivity (Wildman–Crippen MR) is 65.3 cm³/mol. The summed E-state index contributed by atoms with van der Waals surface area (Å²) in [5.41, 5.74) is -0.128. The molecule has 0 radical (unpaired) electrons. The average Bonchev–Trinajstić information content (AvgIpc) is 2.12. The minimum atomic E-state index is -1.06. The van der Waals surface area contributed by atoms with Crippen LogP contribution in [0.15, 0.2) is 29.3 Å². The number of aliphatic carboxylic acids is 1. The number of nitrogens with zero attached hydrogens (tertiary/aromatic N) is 1. The number of carboxylic acids is 1. The van der Waals surface area contributed by atoms with E-state index in [2.05, 4.69) is 11.6 Å². The van der Waals surface area contributed by atoms with Crippen molar-refractivity contribution >= 4 is 18.3 Å². The van der Waals surface area contributed by atoms with Crippen LogP contribution >= 0.6 is 0 Å². The maximum Gasteiger partial charge on any atom is 0.433 e. The molecule has 1 N–H and O–H groups in total. The predicted octanol–water partition coefficient (Wildman–Crippen LogP) is 2.58. The van der Waals surface area contributed by atoms with Crippen LogP contribution in [0.2, 0.25) is 0 Å².